The normalized spacial score (nSPS) is 12.9. The lowest BCUT2D eigenvalue weighted by molar-refractivity contribution is -0.120. The van der Waals surface area contributed by atoms with Gasteiger partial charge >= 0.3 is 0 Å². The molecule has 0 bridgehead atoms. The van der Waals surface area contributed by atoms with Gasteiger partial charge in [-0.05, 0) is 80.1 Å². The van der Waals surface area contributed by atoms with Gasteiger partial charge in [-0.15, -0.1) is 0 Å². The van der Waals surface area contributed by atoms with Crippen molar-refractivity contribution >= 4 is 46.5 Å². The summed E-state index contributed by atoms with van der Waals surface area (Å²) in [5.41, 5.74) is 4.13. The zero-order valence-electron chi connectivity index (χ0n) is 23.6. The van der Waals surface area contributed by atoms with Gasteiger partial charge in [0.25, 0.3) is 17.7 Å². The van der Waals surface area contributed by atoms with E-state index >= 15 is 0 Å². The quantitative estimate of drug-likeness (QED) is 0.217. The summed E-state index contributed by atoms with van der Waals surface area (Å²) >= 11 is 1.15. The molecule has 5 rings (SSSR count). The van der Waals surface area contributed by atoms with Gasteiger partial charge in [-0.1, -0.05) is 47.7 Å². The first kappa shape index (κ1) is 28.5. The van der Waals surface area contributed by atoms with Crippen LogP contribution in [-0.2, 0) is 9.59 Å². The number of aryl methyl sites for hydroxylation is 2. The van der Waals surface area contributed by atoms with Crippen LogP contribution in [0.15, 0.2) is 106 Å². The average molecular weight is 580 g/mol. The third-order valence-electron chi connectivity index (χ3n) is 6.59. The standard InChI is InChI=1S/C33H29N3O5S/c1-20-11-14-24(15-12-20)36-32(38)29(35-27-17-21(2)13-16-28(27)41-4)30(33(36)39)42-26-10-6-8-23(19-26)34-31(37)22-7-5-9-25(18-22)40-3/h5-19,35H,1-4H3,(H,34,37). The molecule has 0 atom stereocenters. The molecule has 2 N–H and O–H groups in total. The minimum atomic E-state index is -0.475. The molecule has 0 aliphatic carbocycles. The van der Waals surface area contributed by atoms with E-state index in [0.29, 0.717) is 39.0 Å². The molecule has 0 saturated carbocycles. The number of carbonyl (C=O) groups excluding carboxylic acids is 3. The van der Waals surface area contributed by atoms with E-state index in [2.05, 4.69) is 10.6 Å². The lowest BCUT2D eigenvalue weighted by atomic mass is 10.2. The lowest BCUT2D eigenvalue weighted by Gasteiger charge is -2.16. The minimum Gasteiger partial charge on any atom is -0.497 e. The Kier molecular flexibility index (Phi) is 8.31. The number of amides is 3. The first-order valence-electron chi connectivity index (χ1n) is 13.1. The minimum absolute atomic E-state index is 0.139. The molecule has 0 fully saturated rings. The molecule has 212 valence electrons. The van der Waals surface area contributed by atoms with Crippen LogP contribution in [0.2, 0.25) is 0 Å². The molecule has 0 spiro atoms. The molecule has 0 radical (unpaired) electrons. The molecule has 0 unspecified atom stereocenters. The van der Waals surface area contributed by atoms with Gasteiger partial charge < -0.3 is 20.1 Å². The molecule has 4 aromatic rings. The third-order valence-corrected chi connectivity index (χ3v) is 7.66. The molecule has 1 heterocycles. The highest BCUT2D eigenvalue weighted by Crippen LogP contribution is 2.40. The fourth-order valence-electron chi connectivity index (χ4n) is 4.42. The molecular weight excluding hydrogens is 550 g/mol. The number of hydrogen-bond acceptors (Lipinski definition) is 7. The summed E-state index contributed by atoms with van der Waals surface area (Å²) in [4.78, 5) is 42.5. The van der Waals surface area contributed by atoms with Crippen LogP contribution in [0.1, 0.15) is 21.5 Å². The Morgan fingerprint density at radius 2 is 1.52 bits per heavy atom. The van der Waals surface area contributed by atoms with E-state index in [1.54, 1.807) is 74.9 Å². The van der Waals surface area contributed by atoms with Crippen LogP contribution >= 0.6 is 11.8 Å². The molecule has 1 aliphatic heterocycles. The van der Waals surface area contributed by atoms with Gasteiger partial charge in [-0.2, -0.15) is 0 Å². The molecule has 0 saturated heterocycles. The molecule has 4 aromatic carbocycles. The highest BCUT2D eigenvalue weighted by Gasteiger charge is 2.40. The Morgan fingerprint density at radius 3 is 2.26 bits per heavy atom. The van der Waals surface area contributed by atoms with Crippen LogP contribution in [0.3, 0.4) is 0 Å². The summed E-state index contributed by atoms with van der Waals surface area (Å²) in [5.74, 6) is -0.117. The van der Waals surface area contributed by atoms with E-state index < -0.39 is 11.8 Å². The van der Waals surface area contributed by atoms with Crippen molar-refractivity contribution in [3.05, 3.63) is 118 Å². The van der Waals surface area contributed by atoms with Crippen LogP contribution in [0.4, 0.5) is 17.1 Å². The van der Waals surface area contributed by atoms with Crippen LogP contribution in [-0.4, -0.2) is 31.9 Å². The van der Waals surface area contributed by atoms with Crippen molar-refractivity contribution in [3.63, 3.8) is 0 Å². The Labute approximate surface area is 248 Å². The first-order valence-corrected chi connectivity index (χ1v) is 13.9. The Bertz CT molecular complexity index is 1720. The smallest absolute Gasteiger partial charge is 0.283 e. The number of nitrogens with zero attached hydrogens (tertiary/aromatic N) is 1. The van der Waals surface area contributed by atoms with Crippen molar-refractivity contribution in [2.45, 2.75) is 18.7 Å². The van der Waals surface area contributed by atoms with Crippen LogP contribution < -0.4 is 25.0 Å². The van der Waals surface area contributed by atoms with Crippen molar-refractivity contribution < 1.29 is 23.9 Å². The van der Waals surface area contributed by atoms with E-state index in [1.165, 1.54) is 4.90 Å². The van der Waals surface area contributed by atoms with E-state index in [9.17, 15) is 14.4 Å². The molecule has 42 heavy (non-hydrogen) atoms. The number of thioether (sulfide) groups is 1. The average Bonchev–Trinajstić information content (AvgIpc) is 3.21. The van der Waals surface area contributed by atoms with Crippen molar-refractivity contribution in [3.8, 4) is 11.5 Å². The lowest BCUT2D eigenvalue weighted by Crippen LogP contribution is -2.32. The van der Waals surface area contributed by atoms with Gasteiger partial charge in [0, 0.05) is 16.1 Å². The second kappa shape index (κ2) is 12.2. The maximum Gasteiger partial charge on any atom is 0.283 e. The number of methoxy groups -OCH3 is 2. The van der Waals surface area contributed by atoms with Crippen LogP contribution in [0, 0.1) is 13.8 Å². The number of rotatable bonds is 9. The second-order valence-corrected chi connectivity index (χ2v) is 10.7. The number of carbonyl (C=O) groups is 3. The topological polar surface area (TPSA) is 97.0 Å². The van der Waals surface area contributed by atoms with Gasteiger partial charge in [-0.25, -0.2) is 4.90 Å². The van der Waals surface area contributed by atoms with Crippen molar-refractivity contribution in [2.75, 3.05) is 29.8 Å². The Morgan fingerprint density at radius 1 is 0.786 bits per heavy atom. The van der Waals surface area contributed by atoms with Gasteiger partial charge in [0.05, 0.1) is 25.6 Å². The zero-order valence-corrected chi connectivity index (χ0v) is 24.4. The number of benzene rings is 4. The Balaban J connectivity index is 1.48. The SMILES string of the molecule is COc1cccc(C(=O)Nc2cccc(SC3=C(Nc4cc(C)ccc4OC)C(=O)N(c4ccc(C)cc4)C3=O)c2)c1. The summed E-state index contributed by atoms with van der Waals surface area (Å²) in [6, 6.07) is 26.7. The molecular formula is C33H29N3O5S. The van der Waals surface area contributed by atoms with Gasteiger partial charge in [0.1, 0.15) is 22.1 Å². The van der Waals surface area contributed by atoms with E-state index in [4.69, 9.17) is 9.47 Å². The number of imide groups is 1. The summed E-state index contributed by atoms with van der Waals surface area (Å²) in [5, 5.41) is 6.07. The van der Waals surface area contributed by atoms with E-state index in [0.717, 1.165) is 22.9 Å². The molecule has 0 aromatic heterocycles. The highest BCUT2D eigenvalue weighted by atomic mass is 32.2. The number of anilines is 3. The van der Waals surface area contributed by atoms with E-state index in [-0.39, 0.29) is 16.5 Å². The first-order chi connectivity index (χ1) is 20.3. The number of hydrogen-bond donors (Lipinski definition) is 2. The third kappa shape index (κ3) is 6.01. The van der Waals surface area contributed by atoms with Gasteiger partial charge in [-0.3, -0.25) is 14.4 Å². The van der Waals surface area contributed by atoms with Crippen molar-refractivity contribution in [1.29, 1.82) is 0 Å². The maximum atomic E-state index is 13.8. The van der Waals surface area contributed by atoms with Crippen LogP contribution in [0.5, 0.6) is 11.5 Å². The summed E-state index contributed by atoms with van der Waals surface area (Å²) in [6.07, 6.45) is 0. The molecule has 3 amide bonds. The predicted molar refractivity (Wildman–Crippen MR) is 165 cm³/mol. The molecule has 1 aliphatic rings. The largest absolute Gasteiger partial charge is 0.497 e. The van der Waals surface area contributed by atoms with Crippen molar-refractivity contribution in [2.24, 2.45) is 0 Å². The Hall–Kier alpha value is -5.02. The maximum absolute atomic E-state index is 13.8. The number of ether oxygens (including phenoxy) is 2. The highest BCUT2D eigenvalue weighted by molar-refractivity contribution is 8.04. The number of nitrogens with one attached hydrogen (secondary N) is 2. The summed E-state index contributed by atoms with van der Waals surface area (Å²) in [6.45, 7) is 3.87. The fraction of sp³-hybridized carbons (Fsp3) is 0.121. The molecule has 8 nitrogen and oxygen atoms in total. The fourth-order valence-corrected chi connectivity index (χ4v) is 5.41. The van der Waals surface area contributed by atoms with Crippen LogP contribution in [0.25, 0.3) is 0 Å². The summed E-state index contributed by atoms with van der Waals surface area (Å²) in [7, 11) is 3.09. The molecule has 9 heteroatoms. The second-order valence-electron chi connectivity index (χ2n) is 9.63. The monoisotopic (exact) mass is 579 g/mol. The van der Waals surface area contributed by atoms with Crippen molar-refractivity contribution in [1.82, 2.24) is 0 Å². The summed E-state index contributed by atoms with van der Waals surface area (Å²) < 4.78 is 10.7. The van der Waals surface area contributed by atoms with Gasteiger partial charge in [0.15, 0.2) is 0 Å². The predicted octanol–water partition coefficient (Wildman–Crippen LogP) is 6.56. The zero-order chi connectivity index (χ0) is 29.8. The van der Waals surface area contributed by atoms with E-state index in [1.807, 2.05) is 44.2 Å². The van der Waals surface area contributed by atoms with Gasteiger partial charge in [0.2, 0.25) is 0 Å².